The van der Waals surface area contributed by atoms with E-state index in [1.165, 1.54) is 17.6 Å². The van der Waals surface area contributed by atoms with Crippen LogP contribution in [0, 0.1) is 0 Å². The Morgan fingerprint density at radius 1 is 1.29 bits per heavy atom. The number of carbonyl (C=O) groups is 1. The second-order valence-electron chi connectivity index (χ2n) is 6.58. The van der Waals surface area contributed by atoms with E-state index >= 15 is 0 Å². The largest absolute Gasteiger partial charge is 0.444 e. The molecule has 0 spiro atoms. The van der Waals surface area contributed by atoms with Gasteiger partial charge in [0.25, 0.3) is 0 Å². The number of hydrogen-bond donors (Lipinski definition) is 1. The van der Waals surface area contributed by atoms with Gasteiger partial charge >= 0.3 is 6.09 Å². The van der Waals surface area contributed by atoms with Gasteiger partial charge in [-0.3, -0.25) is 0 Å². The number of nitrogens with one attached hydrogen (secondary N) is 1. The van der Waals surface area contributed by atoms with Crippen LogP contribution in [0.3, 0.4) is 0 Å². The predicted octanol–water partition coefficient (Wildman–Crippen LogP) is 4.84. The van der Waals surface area contributed by atoms with Crippen LogP contribution in [-0.2, 0) is 4.74 Å². The molecule has 1 atom stereocenters. The van der Waals surface area contributed by atoms with Gasteiger partial charge < -0.3 is 10.1 Å². The Balaban J connectivity index is 2.12. The molecule has 0 heterocycles. The van der Waals surface area contributed by atoms with Crippen LogP contribution in [0.1, 0.15) is 64.1 Å². The molecule has 1 aromatic carbocycles. The van der Waals surface area contributed by atoms with Gasteiger partial charge in [-0.05, 0) is 63.7 Å². The number of carbonyl (C=O) groups excluding carboxylic acids is 1. The SMILES string of the molecule is CC(NC(=O)OC(C)(C)C)c1ccccc1C1=CCCC1. The molecule has 2 rings (SSSR count). The smallest absolute Gasteiger partial charge is 0.408 e. The van der Waals surface area contributed by atoms with Crippen molar-refractivity contribution in [2.75, 3.05) is 0 Å². The van der Waals surface area contributed by atoms with Gasteiger partial charge in [0.15, 0.2) is 0 Å². The lowest BCUT2D eigenvalue weighted by Gasteiger charge is -2.23. The minimum absolute atomic E-state index is 0.0717. The molecule has 0 fully saturated rings. The molecule has 1 unspecified atom stereocenters. The van der Waals surface area contributed by atoms with E-state index in [2.05, 4.69) is 29.6 Å². The van der Waals surface area contributed by atoms with E-state index in [9.17, 15) is 4.79 Å². The molecule has 3 heteroatoms. The van der Waals surface area contributed by atoms with Crippen LogP contribution in [0.25, 0.3) is 5.57 Å². The summed E-state index contributed by atoms with van der Waals surface area (Å²) < 4.78 is 5.33. The summed E-state index contributed by atoms with van der Waals surface area (Å²) in [6.45, 7) is 7.61. The third kappa shape index (κ3) is 4.35. The van der Waals surface area contributed by atoms with Crippen LogP contribution in [0.15, 0.2) is 30.3 Å². The quantitative estimate of drug-likeness (QED) is 0.864. The number of hydrogen-bond acceptors (Lipinski definition) is 2. The third-order valence-corrected chi connectivity index (χ3v) is 3.55. The third-order valence-electron chi connectivity index (χ3n) is 3.55. The molecule has 114 valence electrons. The summed E-state index contributed by atoms with van der Waals surface area (Å²) in [6, 6.07) is 8.22. The van der Waals surface area contributed by atoms with Gasteiger partial charge in [-0.1, -0.05) is 30.3 Å². The molecule has 0 aliphatic heterocycles. The minimum Gasteiger partial charge on any atom is -0.444 e. The van der Waals surface area contributed by atoms with Gasteiger partial charge in [-0.25, -0.2) is 4.79 Å². The molecule has 1 amide bonds. The zero-order valence-electron chi connectivity index (χ0n) is 13.4. The van der Waals surface area contributed by atoms with Crippen molar-refractivity contribution in [2.24, 2.45) is 0 Å². The second kappa shape index (κ2) is 6.33. The summed E-state index contributed by atoms with van der Waals surface area (Å²) >= 11 is 0. The Kier molecular flexibility index (Phi) is 4.71. The van der Waals surface area contributed by atoms with Crippen molar-refractivity contribution in [3.05, 3.63) is 41.5 Å². The molecule has 1 aliphatic carbocycles. The van der Waals surface area contributed by atoms with Crippen molar-refractivity contribution in [3.63, 3.8) is 0 Å². The number of amides is 1. The molecule has 3 nitrogen and oxygen atoms in total. The van der Waals surface area contributed by atoms with Crippen molar-refractivity contribution in [1.29, 1.82) is 0 Å². The Labute approximate surface area is 127 Å². The Morgan fingerprint density at radius 3 is 2.62 bits per heavy atom. The lowest BCUT2D eigenvalue weighted by molar-refractivity contribution is 0.0508. The van der Waals surface area contributed by atoms with Crippen molar-refractivity contribution in [2.45, 2.75) is 58.6 Å². The fourth-order valence-corrected chi connectivity index (χ4v) is 2.64. The van der Waals surface area contributed by atoms with Crippen molar-refractivity contribution in [1.82, 2.24) is 5.32 Å². The van der Waals surface area contributed by atoms with Crippen molar-refractivity contribution >= 4 is 11.7 Å². The van der Waals surface area contributed by atoms with Crippen LogP contribution in [0.2, 0.25) is 0 Å². The lowest BCUT2D eigenvalue weighted by atomic mass is 9.95. The Hall–Kier alpha value is -1.77. The fraction of sp³-hybridized carbons (Fsp3) is 0.500. The molecule has 1 N–H and O–H groups in total. The first-order valence-corrected chi connectivity index (χ1v) is 7.64. The van der Waals surface area contributed by atoms with E-state index in [0.717, 1.165) is 18.4 Å². The zero-order chi connectivity index (χ0) is 15.5. The molecule has 1 aromatic rings. The number of alkyl carbamates (subject to hydrolysis) is 1. The molecule has 1 aliphatic rings. The molecule has 21 heavy (non-hydrogen) atoms. The summed E-state index contributed by atoms with van der Waals surface area (Å²) in [7, 11) is 0. The van der Waals surface area contributed by atoms with Gasteiger partial charge in [-0.15, -0.1) is 0 Å². The van der Waals surface area contributed by atoms with Gasteiger partial charge in [-0.2, -0.15) is 0 Å². The molecular formula is C18H25NO2. The maximum atomic E-state index is 11.9. The van der Waals surface area contributed by atoms with Gasteiger partial charge in [0.2, 0.25) is 0 Å². The predicted molar refractivity (Wildman–Crippen MR) is 86.1 cm³/mol. The lowest BCUT2D eigenvalue weighted by Crippen LogP contribution is -2.34. The number of ether oxygens (including phenoxy) is 1. The standard InChI is InChI=1S/C18H25NO2/c1-13(19-17(20)21-18(2,3)4)15-11-7-8-12-16(15)14-9-5-6-10-14/h7-9,11-13H,5-6,10H2,1-4H3,(H,19,20). The van der Waals surface area contributed by atoms with Crippen molar-refractivity contribution in [3.8, 4) is 0 Å². The molecule has 0 radical (unpaired) electrons. The summed E-state index contributed by atoms with van der Waals surface area (Å²) in [4.78, 5) is 11.9. The first-order chi connectivity index (χ1) is 9.87. The average molecular weight is 287 g/mol. The summed E-state index contributed by atoms with van der Waals surface area (Å²) in [5.41, 5.74) is 3.32. The highest BCUT2D eigenvalue weighted by Gasteiger charge is 2.20. The van der Waals surface area contributed by atoms with Crippen LogP contribution in [-0.4, -0.2) is 11.7 Å². The Morgan fingerprint density at radius 2 is 2.00 bits per heavy atom. The summed E-state index contributed by atoms with van der Waals surface area (Å²) in [5, 5.41) is 2.93. The van der Waals surface area contributed by atoms with Crippen LogP contribution >= 0.6 is 0 Å². The number of allylic oxidation sites excluding steroid dienone is 2. The highest BCUT2D eigenvalue weighted by atomic mass is 16.6. The maximum Gasteiger partial charge on any atom is 0.408 e. The monoisotopic (exact) mass is 287 g/mol. The van der Waals surface area contributed by atoms with Crippen LogP contribution in [0.5, 0.6) is 0 Å². The fourth-order valence-electron chi connectivity index (χ4n) is 2.64. The zero-order valence-corrected chi connectivity index (χ0v) is 13.4. The summed E-state index contributed by atoms with van der Waals surface area (Å²) in [5.74, 6) is 0. The van der Waals surface area contributed by atoms with E-state index in [1.54, 1.807) is 0 Å². The molecular weight excluding hydrogens is 262 g/mol. The topological polar surface area (TPSA) is 38.3 Å². The first kappa shape index (κ1) is 15.6. The number of benzene rings is 1. The van der Waals surface area contributed by atoms with E-state index in [-0.39, 0.29) is 12.1 Å². The highest BCUT2D eigenvalue weighted by molar-refractivity contribution is 5.72. The van der Waals surface area contributed by atoms with E-state index in [0.29, 0.717) is 0 Å². The molecule has 0 aromatic heterocycles. The summed E-state index contributed by atoms with van der Waals surface area (Å²) in [6.07, 6.45) is 5.43. The maximum absolute atomic E-state index is 11.9. The number of rotatable bonds is 3. The van der Waals surface area contributed by atoms with Gasteiger partial charge in [0.05, 0.1) is 6.04 Å². The van der Waals surface area contributed by atoms with E-state index in [1.807, 2.05) is 33.8 Å². The first-order valence-electron chi connectivity index (χ1n) is 7.64. The Bertz CT molecular complexity index is 540. The highest BCUT2D eigenvalue weighted by Crippen LogP contribution is 2.32. The van der Waals surface area contributed by atoms with E-state index in [4.69, 9.17) is 4.74 Å². The average Bonchev–Trinajstić information content (AvgIpc) is 2.90. The molecule has 0 bridgehead atoms. The van der Waals surface area contributed by atoms with E-state index < -0.39 is 5.60 Å². The minimum atomic E-state index is -0.475. The molecule has 0 saturated carbocycles. The van der Waals surface area contributed by atoms with Crippen LogP contribution in [0.4, 0.5) is 4.79 Å². The van der Waals surface area contributed by atoms with Gasteiger partial charge in [0, 0.05) is 0 Å². The second-order valence-corrected chi connectivity index (χ2v) is 6.58. The normalized spacial score (nSPS) is 16.3. The molecule has 0 saturated heterocycles. The van der Waals surface area contributed by atoms with Crippen molar-refractivity contribution < 1.29 is 9.53 Å². The van der Waals surface area contributed by atoms with Crippen LogP contribution < -0.4 is 5.32 Å². The van der Waals surface area contributed by atoms with Gasteiger partial charge in [0.1, 0.15) is 5.60 Å².